The van der Waals surface area contributed by atoms with E-state index in [2.05, 4.69) is 9.47 Å². The minimum absolute atomic E-state index is 0.214. The first-order valence-electron chi connectivity index (χ1n) is 10.7. The molecule has 3 aromatic rings. The Kier molecular flexibility index (Phi) is 6.26. The number of hydrogen-bond acceptors (Lipinski definition) is 2. The summed E-state index contributed by atoms with van der Waals surface area (Å²) in [6.07, 6.45) is 6.90. The Balaban J connectivity index is 1.57. The van der Waals surface area contributed by atoms with Gasteiger partial charge < -0.3 is 10.3 Å². The van der Waals surface area contributed by atoms with Crippen LogP contribution in [0.1, 0.15) is 43.4 Å². The van der Waals surface area contributed by atoms with Gasteiger partial charge in [-0.3, -0.25) is 4.90 Å². The molecular formula is C24H29F2N3. The van der Waals surface area contributed by atoms with Crippen LogP contribution in [0.3, 0.4) is 0 Å². The van der Waals surface area contributed by atoms with Gasteiger partial charge >= 0.3 is 0 Å². The van der Waals surface area contributed by atoms with E-state index in [-0.39, 0.29) is 11.6 Å². The van der Waals surface area contributed by atoms with Crippen molar-refractivity contribution in [2.24, 2.45) is 5.73 Å². The molecule has 0 amide bonds. The van der Waals surface area contributed by atoms with Crippen molar-refractivity contribution in [3.63, 3.8) is 0 Å². The summed E-state index contributed by atoms with van der Waals surface area (Å²) in [6, 6.07) is 11.6. The minimum atomic E-state index is -0.247. The smallest absolute Gasteiger partial charge is 0.123 e. The molecule has 0 atom stereocenters. The van der Waals surface area contributed by atoms with E-state index in [1.165, 1.54) is 55.1 Å². The molecule has 154 valence electrons. The molecule has 2 N–H and O–H groups in total. The highest BCUT2D eigenvalue weighted by Crippen LogP contribution is 2.34. The Hall–Kier alpha value is -2.24. The van der Waals surface area contributed by atoms with Gasteiger partial charge in [-0.25, -0.2) is 8.78 Å². The minimum Gasteiger partial charge on any atom is -0.330 e. The number of hydrogen-bond donors (Lipinski definition) is 1. The van der Waals surface area contributed by atoms with Crippen LogP contribution in [0.2, 0.25) is 0 Å². The first-order valence-corrected chi connectivity index (χ1v) is 10.7. The van der Waals surface area contributed by atoms with Gasteiger partial charge in [-0.05, 0) is 74.0 Å². The summed E-state index contributed by atoms with van der Waals surface area (Å²) in [5, 5.41) is 0.969. The van der Waals surface area contributed by atoms with Crippen LogP contribution in [0.25, 0.3) is 16.6 Å². The van der Waals surface area contributed by atoms with Crippen molar-refractivity contribution in [2.75, 3.05) is 19.6 Å². The van der Waals surface area contributed by atoms with Gasteiger partial charge in [-0.2, -0.15) is 0 Å². The van der Waals surface area contributed by atoms with Gasteiger partial charge in [0, 0.05) is 36.3 Å². The fraction of sp³-hybridized carbons (Fsp3) is 0.417. The van der Waals surface area contributed by atoms with Gasteiger partial charge in [0.15, 0.2) is 0 Å². The van der Waals surface area contributed by atoms with E-state index in [0.717, 1.165) is 55.6 Å². The zero-order chi connectivity index (χ0) is 20.2. The molecule has 2 heterocycles. The molecule has 0 saturated heterocycles. The molecule has 0 saturated carbocycles. The van der Waals surface area contributed by atoms with Crippen molar-refractivity contribution < 1.29 is 8.78 Å². The lowest BCUT2D eigenvalue weighted by atomic mass is 10.0. The molecular weight excluding hydrogens is 368 g/mol. The van der Waals surface area contributed by atoms with E-state index < -0.39 is 0 Å². The monoisotopic (exact) mass is 397 g/mol. The third kappa shape index (κ3) is 4.36. The normalized spacial score (nSPS) is 14.4. The lowest BCUT2D eigenvalue weighted by Crippen LogP contribution is -2.31. The van der Waals surface area contributed by atoms with E-state index in [1.807, 2.05) is 6.07 Å². The predicted octanol–water partition coefficient (Wildman–Crippen LogP) is 5.18. The fourth-order valence-corrected chi connectivity index (χ4v) is 4.47. The second-order valence-corrected chi connectivity index (χ2v) is 7.98. The van der Waals surface area contributed by atoms with Crippen LogP contribution in [0, 0.1) is 11.6 Å². The average Bonchev–Trinajstić information content (AvgIpc) is 3.04. The maximum atomic E-state index is 14.0. The molecule has 4 rings (SSSR count). The molecule has 3 nitrogen and oxygen atoms in total. The Morgan fingerprint density at radius 2 is 1.59 bits per heavy atom. The van der Waals surface area contributed by atoms with Gasteiger partial charge in [0.25, 0.3) is 0 Å². The van der Waals surface area contributed by atoms with Crippen LogP contribution >= 0.6 is 0 Å². The molecule has 5 heteroatoms. The summed E-state index contributed by atoms with van der Waals surface area (Å²) in [5.74, 6) is -0.462. The van der Waals surface area contributed by atoms with Crippen LogP contribution in [0.4, 0.5) is 8.78 Å². The highest BCUT2D eigenvalue weighted by Gasteiger charge is 2.24. The standard InChI is InChI=1S/C24H29F2N3/c25-18-6-9-20(10-7-18)29-23-11-8-19(26)16-21(23)22-17-28(15-12-24(22)29)14-5-3-1-2-4-13-27/h6-11,16H,1-5,12-15,17,27H2. The van der Waals surface area contributed by atoms with E-state index in [1.54, 1.807) is 18.2 Å². The molecule has 1 aromatic heterocycles. The van der Waals surface area contributed by atoms with Gasteiger partial charge in [0.2, 0.25) is 0 Å². The van der Waals surface area contributed by atoms with E-state index in [0.29, 0.717) is 0 Å². The van der Waals surface area contributed by atoms with E-state index >= 15 is 0 Å². The number of unbranched alkanes of at least 4 members (excludes halogenated alkanes) is 4. The molecule has 0 bridgehead atoms. The number of benzene rings is 2. The van der Waals surface area contributed by atoms with Gasteiger partial charge in [0.1, 0.15) is 11.6 Å². The average molecular weight is 398 g/mol. The highest BCUT2D eigenvalue weighted by atomic mass is 19.1. The predicted molar refractivity (Wildman–Crippen MR) is 114 cm³/mol. The van der Waals surface area contributed by atoms with Gasteiger partial charge in [-0.1, -0.05) is 19.3 Å². The summed E-state index contributed by atoms with van der Waals surface area (Å²) in [4.78, 5) is 2.48. The number of nitrogens with two attached hydrogens (primary N) is 1. The third-order valence-corrected chi connectivity index (χ3v) is 5.95. The molecule has 0 aliphatic carbocycles. The lowest BCUT2D eigenvalue weighted by molar-refractivity contribution is 0.247. The highest BCUT2D eigenvalue weighted by molar-refractivity contribution is 5.87. The van der Waals surface area contributed by atoms with E-state index in [9.17, 15) is 8.78 Å². The second kappa shape index (κ2) is 9.06. The van der Waals surface area contributed by atoms with Crippen molar-refractivity contribution in [3.05, 3.63) is 65.4 Å². The molecule has 0 spiro atoms. The van der Waals surface area contributed by atoms with Crippen molar-refractivity contribution in [1.29, 1.82) is 0 Å². The topological polar surface area (TPSA) is 34.2 Å². The van der Waals surface area contributed by atoms with Crippen LogP contribution in [-0.2, 0) is 13.0 Å². The first-order chi connectivity index (χ1) is 14.2. The Morgan fingerprint density at radius 1 is 0.862 bits per heavy atom. The summed E-state index contributed by atoms with van der Waals surface area (Å²) in [6.45, 7) is 3.69. The van der Waals surface area contributed by atoms with Crippen molar-refractivity contribution >= 4 is 10.9 Å². The van der Waals surface area contributed by atoms with Crippen molar-refractivity contribution in [2.45, 2.75) is 45.1 Å². The quantitative estimate of drug-likeness (QED) is 0.532. The molecule has 2 aromatic carbocycles. The Labute approximate surface area is 171 Å². The Bertz CT molecular complexity index is 962. The first kappa shape index (κ1) is 20.0. The number of rotatable bonds is 8. The maximum absolute atomic E-state index is 14.0. The summed E-state index contributed by atoms with van der Waals surface area (Å²) in [5.41, 5.74) is 9.90. The largest absolute Gasteiger partial charge is 0.330 e. The van der Waals surface area contributed by atoms with Crippen LogP contribution in [-0.4, -0.2) is 29.1 Å². The zero-order valence-electron chi connectivity index (χ0n) is 16.8. The molecule has 1 aliphatic rings. The molecule has 29 heavy (non-hydrogen) atoms. The SMILES string of the molecule is NCCCCCCCN1CCc2c(c3cc(F)ccc3n2-c2ccc(F)cc2)C1. The number of nitrogens with zero attached hydrogens (tertiary/aromatic N) is 2. The molecule has 0 fully saturated rings. The third-order valence-electron chi connectivity index (χ3n) is 5.95. The van der Waals surface area contributed by atoms with Crippen LogP contribution < -0.4 is 5.73 Å². The summed E-state index contributed by atoms with van der Waals surface area (Å²) in [7, 11) is 0. The number of fused-ring (bicyclic) bond motifs is 3. The number of halogens is 2. The zero-order valence-corrected chi connectivity index (χ0v) is 16.8. The molecule has 0 unspecified atom stereocenters. The molecule has 1 aliphatic heterocycles. The van der Waals surface area contributed by atoms with Gasteiger partial charge in [-0.15, -0.1) is 0 Å². The summed E-state index contributed by atoms with van der Waals surface area (Å²) >= 11 is 0. The van der Waals surface area contributed by atoms with Gasteiger partial charge in [0.05, 0.1) is 5.52 Å². The van der Waals surface area contributed by atoms with Crippen LogP contribution in [0.5, 0.6) is 0 Å². The fourth-order valence-electron chi connectivity index (χ4n) is 4.47. The van der Waals surface area contributed by atoms with Crippen molar-refractivity contribution in [1.82, 2.24) is 9.47 Å². The van der Waals surface area contributed by atoms with Crippen LogP contribution in [0.15, 0.2) is 42.5 Å². The number of aromatic nitrogens is 1. The lowest BCUT2D eigenvalue weighted by Gasteiger charge is -2.28. The summed E-state index contributed by atoms with van der Waals surface area (Å²) < 4.78 is 29.6. The van der Waals surface area contributed by atoms with Crippen molar-refractivity contribution in [3.8, 4) is 5.69 Å². The maximum Gasteiger partial charge on any atom is 0.123 e. The Morgan fingerprint density at radius 3 is 2.38 bits per heavy atom. The molecule has 0 radical (unpaired) electrons. The van der Waals surface area contributed by atoms with E-state index in [4.69, 9.17) is 5.73 Å². The second-order valence-electron chi connectivity index (χ2n) is 7.98.